The second-order valence-electron chi connectivity index (χ2n) is 11.9. The summed E-state index contributed by atoms with van der Waals surface area (Å²) < 4.78 is 10.9. The number of anilines is 2. The van der Waals surface area contributed by atoms with E-state index in [-0.39, 0.29) is 11.4 Å². The summed E-state index contributed by atoms with van der Waals surface area (Å²) in [5.41, 5.74) is 6.93. The van der Waals surface area contributed by atoms with Crippen molar-refractivity contribution in [1.82, 2.24) is 29.8 Å². The largest absolute Gasteiger partial charge is 0.491 e. The van der Waals surface area contributed by atoms with E-state index in [0.29, 0.717) is 30.9 Å². The lowest BCUT2D eigenvalue weighted by atomic mass is 9.76. The van der Waals surface area contributed by atoms with Gasteiger partial charge in [-0.3, -0.25) is 5.32 Å². The Morgan fingerprint density at radius 3 is 2.85 bits per heavy atom. The van der Waals surface area contributed by atoms with Gasteiger partial charge >= 0.3 is 6.09 Å². The van der Waals surface area contributed by atoms with Gasteiger partial charge in [0.05, 0.1) is 25.7 Å². The Balaban J connectivity index is 1.33. The number of hydrogen-bond donors (Lipinski definition) is 2. The molecular weight excluding hydrogens is 520 g/mol. The van der Waals surface area contributed by atoms with Gasteiger partial charge in [0, 0.05) is 35.1 Å². The third-order valence-corrected chi connectivity index (χ3v) is 7.69. The summed E-state index contributed by atoms with van der Waals surface area (Å²) >= 11 is 0. The van der Waals surface area contributed by atoms with Gasteiger partial charge in [0.25, 0.3) is 0 Å². The highest BCUT2D eigenvalue weighted by Gasteiger charge is 2.31. The number of amides is 1. The maximum absolute atomic E-state index is 11.6. The zero-order chi connectivity index (χ0) is 28.7. The zero-order valence-electron chi connectivity index (χ0n) is 24.2. The number of aromatic amines is 1. The van der Waals surface area contributed by atoms with Crippen molar-refractivity contribution in [2.45, 2.75) is 46.2 Å². The number of hydrogen-bond acceptors (Lipinski definition) is 9. The van der Waals surface area contributed by atoms with Crippen LogP contribution in [0.1, 0.15) is 42.9 Å². The van der Waals surface area contributed by atoms with E-state index in [1.54, 1.807) is 6.20 Å². The van der Waals surface area contributed by atoms with E-state index in [4.69, 9.17) is 14.7 Å². The Hall–Kier alpha value is -4.25. The zero-order valence-corrected chi connectivity index (χ0v) is 24.2. The van der Waals surface area contributed by atoms with E-state index in [1.165, 1.54) is 18.4 Å². The quantitative estimate of drug-likeness (QED) is 0.364. The molecule has 214 valence electrons. The van der Waals surface area contributed by atoms with Crippen LogP contribution >= 0.6 is 0 Å². The van der Waals surface area contributed by atoms with Crippen molar-refractivity contribution < 1.29 is 14.3 Å². The Kier molecular flexibility index (Phi) is 6.98. The van der Waals surface area contributed by atoms with Gasteiger partial charge in [-0.05, 0) is 62.5 Å². The average molecular weight is 557 g/mol. The Morgan fingerprint density at radius 1 is 1.20 bits per heavy atom. The fourth-order valence-corrected chi connectivity index (χ4v) is 5.61. The molecule has 0 bridgehead atoms. The summed E-state index contributed by atoms with van der Waals surface area (Å²) in [7, 11) is 5.41. The fraction of sp³-hybridized carbons (Fsp3) is 0.433. The maximum atomic E-state index is 11.6. The highest BCUT2D eigenvalue weighted by atomic mass is 16.5. The number of rotatable bonds is 5. The highest BCUT2D eigenvalue weighted by molar-refractivity contribution is 5.86. The first-order chi connectivity index (χ1) is 19.7. The van der Waals surface area contributed by atoms with E-state index < -0.39 is 6.09 Å². The molecule has 4 heterocycles. The van der Waals surface area contributed by atoms with Gasteiger partial charge < -0.3 is 24.3 Å². The molecule has 11 heteroatoms. The van der Waals surface area contributed by atoms with E-state index >= 15 is 0 Å². The van der Waals surface area contributed by atoms with Crippen molar-refractivity contribution in [3.8, 4) is 16.9 Å². The molecule has 0 spiro atoms. The number of imidazole rings is 1. The third-order valence-electron chi connectivity index (χ3n) is 7.69. The van der Waals surface area contributed by atoms with Crippen LogP contribution in [0.2, 0.25) is 0 Å². The van der Waals surface area contributed by atoms with Crippen LogP contribution in [0.25, 0.3) is 22.3 Å². The predicted octanol–water partition coefficient (Wildman–Crippen LogP) is 4.57. The van der Waals surface area contributed by atoms with E-state index in [2.05, 4.69) is 68.8 Å². The number of aryl methyl sites for hydroxylation is 1. The summed E-state index contributed by atoms with van der Waals surface area (Å²) in [4.78, 5) is 38.1. The first kappa shape index (κ1) is 26.9. The number of carbonyl (C=O) groups excluding carboxylic acids is 1. The monoisotopic (exact) mass is 556 g/mol. The number of nitrogens with zero attached hydrogens (tertiary/aromatic N) is 6. The predicted molar refractivity (Wildman–Crippen MR) is 157 cm³/mol. The molecule has 6 rings (SSSR count). The van der Waals surface area contributed by atoms with Crippen LogP contribution in [0.4, 0.5) is 16.6 Å². The van der Waals surface area contributed by atoms with Gasteiger partial charge in [-0.25, -0.2) is 19.7 Å². The molecule has 1 aliphatic carbocycles. The number of benzene rings is 1. The van der Waals surface area contributed by atoms with Gasteiger partial charge in [0.2, 0.25) is 5.95 Å². The van der Waals surface area contributed by atoms with Crippen molar-refractivity contribution in [3.05, 3.63) is 53.1 Å². The smallest absolute Gasteiger partial charge is 0.413 e. The van der Waals surface area contributed by atoms with E-state index in [9.17, 15) is 4.79 Å². The highest BCUT2D eigenvalue weighted by Crippen LogP contribution is 2.39. The van der Waals surface area contributed by atoms with Gasteiger partial charge in [0.15, 0.2) is 5.65 Å². The topological polar surface area (TPSA) is 121 Å². The molecule has 0 atom stereocenters. The minimum atomic E-state index is -0.595. The fourth-order valence-electron chi connectivity index (χ4n) is 5.61. The van der Waals surface area contributed by atoms with Crippen LogP contribution < -0.4 is 15.0 Å². The molecule has 3 aromatic heterocycles. The second-order valence-corrected chi connectivity index (χ2v) is 11.9. The standard InChI is InChI=1S/C30H36N8O3/c1-30(2)9-8-22-21(14-30)27(34-25(32-22)17-37(3)4)38-10-11-41-24-7-6-18(12-20(24)16-38)19-13-23-26(31-15-19)35-28(33-23)36-29(39)40-5/h6-7,12-13,15H,8-11,14,16-17H2,1-5H3,(H2,31,33,35,36,39). The number of H-pyrrole nitrogens is 1. The minimum absolute atomic E-state index is 0.214. The molecule has 0 radical (unpaired) electrons. The number of methoxy groups -OCH3 is 1. The lowest BCUT2D eigenvalue weighted by Gasteiger charge is -2.34. The number of carbonyl (C=O) groups is 1. The normalized spacial score (nSPS) is 16.1. The molecule has 1 amide bonds. The maximum Gasteiger partial charge on any atom is 0.413 e. The number of aromatic nitrogens is 5. The van der Waals surface area contributed by atoms with Crippen LogP contribution in [0.15, 0.2) is 30.5 Å². The molecule has 1 aliphatic heterocycles. The molecule has 0 saturated carbocycles. The Bertz CT molecular complexity index is 1610. The first-order valence-electron chi connectivity index (χ1n) is 13.9. The average Bonchev–Trinajstić information content (AvgIpc) is 3.20. The number of ether oxygens (including phenoxy) is 2. The SMILES string of the molecule is COC(=O)Nc1nc2ncc(-c3ccc4c(c3)CN(c3nc(CN(C)C)nc5c3CC(C)(C)CC5)CCO4)cc2[nH]1. The summed E-state index contributed by atoms with van der Waals surface area (Å²) in [6.07, 6.45) is 4.26. The van der Waals surface area contributed by atoms with Gasteiger partial charge in [-0.2, -0.15) is 4.98 Å². The molecule has 0 fully saturated rings. The molecule has 0 saturated heterocycles. The molecular formula is C30H36N8O3. The molecule has 1 aromatic carbocycles. The van der Waals surface area contributed by atoms with Crippen molar-refractivity contribution in [2.75, 3.05) is 44.6 Å². The molecule has 2 aliphatic rings. The van der Waals surface area contributed by atoms with Crippen LogP contribution in [-0.2, 0) is 30.7 Å². The van der Waals surface area contributed by atoms with Crippen LogP contribution in [-0.4, -0.2) is 70.3 Å². The van der Waals surface area contributed by atoms with Crippen molar-refractivity contribution in [3.63, 3.8) is 0 Å². The van der Waals surface area contributed by atoms with E-state index in [0.717, 1.165) is 59.9 Å². The van der Waals surface area contributed by atoms with Gasteiger partial charge in [0.1, 0.15) is 24.0 Å². The van der Waals surface area contributed by atoms with E-state index in [1.807, 2.05) is 18.2 Å². The number of fused-ring (bicyclic) bond motifs is 3. The Labute approximate surface area is 239 Å². The van der Waals surface area contributed by atoms with Crippen molar-refractivity contribution in [2.24, 2.45) is 5.41 Å². The minimum Gasteiger partial charge on any atom is -0.491 e. The van der Waals surface area contributed by atoms with Gasteiger partial charge in [-0.15, -0.1) is 0 Å². The lowest BCUT2D eigenvalue weighted by Crippen LogP contribution is -2.32. The molecule has 2 N–H and O–H groups in total. The van der Waals surface area contributed by atoms with Gasteiger partial charge in [-0.1, -0.05) is 19.9 Å². The first-order valence-corrected chi connectivity index (χ1v) is 13.9. The molecule has 41 heavy (non-hydrogen) atoms. The summed E-state index contributed by atoms with van der Waals surface area (Å²) in [6.45, 7) is 7.37. The number of pyridine rings is 1. The second kappa shape index (κ2) is 10.6. The van der Waals surface area contributed by atoms with Crippen molar-refractivity contribution in [1.29, 1.82) is 0 Å². The Morgan fingerprint density at radius 2 is 2.05 bits per heavy atom. The van der Waals surface area contributed by atoms with Crippen molar-refractivity contribution >= 4 is 29.0 Å². The summed E-state index contributed by atoms with van der Waals surface area (Å²) in [5.74, 6) is 3.07. The number of nitrogens with one attached hydrogen (secondary N) is 2. The van der Waals surface area contributed by atoms with Crippen LogP contribution in [0.3, 0.4) is 0 Å². The lowest BCUT2D eigenvalue weighted by molar-refractivity contribution is 0.186. The molecule has 4 aromatic rings. The third kappa shape index (κ3) is 5.67. The summed E-state index contributed by atoms with van der Waals surface area (Å²) in [5, 5.41) is 2.55. The van der Waals surface area contributed by atoms with Crippen LogP contribution in [0.5, 0.6) is 5.75 Å². The van der Waals surface area contributed by atoms with Crippen LogP contribution in [0, 0.1) is 5.41 Å². The molecule has 11 nitrogen and oxygen atoms in total. The molecule has 0 unspecified atom stereocenters. The summed E-state index contributed by atoms with van der Waals surface area (Å²) in [6, 6.07) is 8.22.